The molecule has 4 aromatic heterocycles. The summed E-state index contributed by atoms with van der Waals surface area (Å²) in [6.45, 7) is 0. The van der Waals surface area contributed by atoms with Gasteiger partial charge in [-0.05, 0) is 199 Å². The molecule has 16 aromatic carbocycles. The number of hydrogen-bond donors (Lipinski definition) is 0. The molecule has 20 aromatic rings. The monoisotopic (exact) mass is 1350 g/mol. The van der Waals surface area contributed by atoms with Gasteiger partial charge in [-0.1, -0.05) is 212 Å². The number of fused-ring (bicyclic) bond motifs is 10. The second-order valence-electron chi connectivity index (χ2n) is 26.9. The van der Waals surface area contributed by atoms with Gasteiger partial charge >= 0.3 is 0 Å². The van der Waals surface area contributed by atoms with Crippen LogP contribution >= 0.6 is 0 Å². The molecular weight excluding hydrogens is 1290 g/mol. The van der Waals surface area contributed by atoms with Crippen LogP contribution in [-0.4, -0.2) is 23.7 Å². The molecule has 8 heteroatoms. The predicted octanol–water partition coefficient (Wildman–Crippen LogP) is 26.3. The lowest BCUT2D eigenvalue weighted by Gasteiger charge is -2.26. The van der Waals surface area contributed by atoms with Gasteiger partial charge in [-0.2, -0.15) is 0 Å². The normalized spacial score (nSPS) is 11.6. The Morgan fingerprint density at radius 3 is 0.830 bits per heavy atom. The average molecular weight is 1360 g/mol. The van der Waals surface area contributed by atoms with Gasteiger partial charge in [0.05, 0.1) is 44.3 Å². The minimum atomic E-state index is 0.631. The molecule has 0 atom stereocenters. The van der Waals surface area contributed by atoms with Crippen LogP contribution in [0.1, 0.15) is 0 Å². The topological polar surface area (TPSA) is 50.3 Å². The van der Waals surface area contributed by atoms with Crippen molar-refractivity contribution in [1.82, 2.24) is 23.7 Å². The van der Waals surface area contributed by atoms with Crippen molar-refractivity contribution in [3.8, 4) is 50.8 Å². The second-order valence-corrected chi connectivity index (χ2v) is 26.9. The summed E-state index contributed by atoms with van der Waals surface area (Å²) in [6, 6.07) is 144. The lowest BCUT2D eigenvalue weighted by atomic mass is 9.99. The van der Waals surface area contributed by atoms with Crippen LogP contribution in [0.5, 0.6) is 0 Å². The van der Waals surface area contributed by atoms with Crippen molar-refractivity contribution < 1.29 is 0 Å². The van der Waals surface area contributed by atoms with Crippen molar-refractivity contribution in [2.45, 2.75) is 0 Å². The number of rotatable bonds is 15. The van der Waals surface area contributed by atoms with Crippen molar-refractivity contribution in [3.05, 3.63) is 400 Å². The highest BCUT2D eigenvalue weighted by atomic mass is 15.2. The van der Waals surface area contributed by atoms with E-state index in [2.05, 4.69) is 429 Å². The van der Waals surface area contributed by atoms with Gasteiger partial charge in [0.2, 0.25) is 0 Å². The van der Waals surface area contributed by atoms with Gasteiger partial charge in [0, 0.05) is 117 Å². The summed E-state index contributed by atoms with van der Waals surface area (Å²) in [4.78, 5) is 18.2. The van der Waals surface area contributed by atoms with Crippen molar-refractivity contribution in [2.75, 3.05) is 14.7 Å². The zero-order valence-electron chi connectivity index (χ0n) is 57.7. The smallest absolute Gasteiger partial charge is 0.160 e. The Bertz CT molecular complexity index is 6660. The highest BCUT2D eigenvalue weighted by Gasteiger charge is 2.24. The number of nitrogens with zero attached hydrogens (tertiary/aromatic N) is 8. The van der Waals surface area contributed by atoms with E-state index in [0.29, 0.717) is 5.82 Å². The zero-order valence-corrected chi connectivity index (χ0v) is 57.7. The molecule has 0 fully saturated rings. The lowest BCUT2D eigenvalue weighted by Crippen LogP contribution is -2.10. The Kier molecular flexibility index (Phi) is 15.0. The summed E-state index contributed by atoms with van der Waals surface area (Å²) < 4.78 is 7.14. The average Bonchev–Trinajstić information content (AvgIpc) is 1.53. The number of hydrogen-bond acceptors (Lipinski definition) is 5. The van der Waals surface area contributed by atoms with E-state index < -0.39 is 0 Å². The maximum absolute atomic E-state index is 5.66. The van der Waals surface area contributed by atoms with Crippen LogP contribution in [0, 0.1) is 0 Å². The molecular formula is C98H66N8. The van der Waals surface area contributed by atoms with E-state index >= 15 is 0 Å². The van der Waals surface area contributed by atoms with Gasteiger partial charge in [0.1, 0.15) is 0 Å². The van der Waals surface area contributed by atoms with Crippen LogP contribution in [0.25, 0.3) is 127 Å². The minimum Gasteiger partial charge on any atom is -0.310 e. The second kappa shape index (κ2) is 25.9. The maximum atomic E-state index is 5.66. The number of benzene rings is 16. The van der Waals surface area contributed by atoms with E-state index in [0.717, 1.165) is 124 Å². The van der Waals surface area contributed by atoms with Gasteiger partial charge < -0.3 is 28.4 Å². The molecule has 0 N–H and O–H groups in total. The summed E-state index contributed by atoms with van der Waals surface area (Å²) >= 11 is 0. The summed E-state index contributed by atoms with van der Waals surface area (Å²) in [7, 11) is 0. The standard InChI is InChI=1S/C98H66N8/c1-7-25-71(26-8-1)101(80-56-59-86-83-37-19-22-40-91(83)104(94(86)64-80)74-31-13-4-14-32-74)77-50-43-67(44-51-77)70-49-62-90-89(63-70)97(68-45-52-78(53-46-68)102(72-27-9-2-10-28-72)81-57-60-87-84-38-20-23-41-92(84)105(95(87)65-81)75-33-15-5-16-34-75)100-98(99-90)69-47-54-79(55-48-69)103(73-29-11-3-12-30-73)82-58-61-88-85-39-21-24-42-93(85)106(96(88)66-82)76-35-17-6-18-36-76/h1-66H. The van der Waals surface area contributed by atoms with Crippen LogP contribution in [0.15, 0.2) is 400 Å². The van der Waals surface area contributed by atoms with E-state index in [9.17, 15) is 0 Å². The Hall–Kier alpha value is -14.3. The number of aromatic nitrogens is 5. The number of para-hydroxylation sites is 9. The SMILES string of the molecule is c1ccc(N(c2ccc(-c3ccc4nc(-c5ccc(N(c6ccccc6)c6ccc7c8ccccc8n(-c8ccccc8)c7c6)cc5)nc(-c5ccc(N(c6ccccc6)c6ccc7c8ccccc8n(-c8ccccc8)c7c6)cc5)c4c3)cc2)c2ccc3c4ccccc4n(-c4ccccc4)c3c2)cc1. The molecule has 0 saturated carbocycles. The summed E-state index contributed by atoms with van der Waals surface area (Å²) in [5.41, 5.74) is 25.3. The fourth-order valence-electron chi connectivity index (χ4n) is 15.9. The number of anilines is 9. The third-order valence-electron chi connectivity index (χ3n) is 20.8. The van der Waals surface area contributed by atoms with Gasteiger partial charge in [-0.25, -0.2) is 9.97 Å². The van der Waals surface area contributed by atoms with E-state index in [4.69, 9.17) is 9.97 Å². The van der Waals surface area contributed by atoms with Crippen molar-refractivity contribution >= 4 is 128 Å². The van der Waals surface area contributed by atoms with Crippen molar-refractivity contribution in [1.29, 1.82) is 0 Å². The molecule has 0 saturated heterocycles. The fraction of sp³-hybridized carbons (Fsp3) is 0. The Morgan fingerprint density at radius 2 is 0.462 bits per heavy atom. The largest absolute Gasteiger partial charge is 0.310 e. The van der Waals surface area contributed by atoms with E-state index in [1.807, 2.05) is 0 Å². The molecule has 0 radical (unpaired) electrons. The molecule has 0 aliphatic rings. The zero-order chi connectivity index (χ0) is 70.0. The quantitative estimate of drug-likeness (QED) is 0.102. The molecule has 0 unspecified atom stereocenters. The summed E-state index contributed by atoms with van der Waals surface area (Å²) in [6.07, 6.45) is 0. The van der Waals surface area contributed by atoms with Crippen molar-refractivity contribution in [2.24, 2.45) is 0 Å². The fourth-order valence-corrected chi connectivity index (χ4v) is 15.9. The maximum Gasteiger partial charge on any atom is 0.160 e. The highest BCUT2D eigenvalue weighted by molar-refractivity contribution is 6.13. The lowest BCUT2D eigenvalue weighted by molar-refractivity contribution is 1.18. The van der Waals surface area contributed by atoms with Crippen LogP contribution in [0.3, 0.4) is 0 Å². The molecule has 498 valence electrons. The van der Waals surface area contributed by atoms with Crippen LogP contribution in [-0.2, 0) is 0 Å². The molecule has 0 spiro atoms. The Morgan fingerprint density at radius 1 is 0.179 bits per heavy atom. The van der Waals surface area contributed by atoms with Crippen LogP contribution in [0.4, 0.5) is 51.2 Å². The molecule has 0 bridgehead atoms. The van der Waals surface area contributed by atoms with Gasteiger partial charge in [-0.3, -0.25) is 0 Å². The third-order valence-corrected chi connectivity index (χ3v) is 20.8. The first-order valence-electron chi connectivity index (χ1n) is 36.0. The molecule has 0 aliphatic heterocycles. The first kappa shape index (κ1) is 61.5. The highest BCUT2D eigenvalue weighted by Crippen LogP contribution is 2.46. The minimum absolute atomic E-state index is 0.631. The molecule has 8 nitrogen and oxygen atoms in total. The van der Waals surface area contributed by atoms with Gasteiger partial charge in [0.15, 0.2) is 5.82 Å². The van der Waals surface area contributed by atoms with E-state index in [1.54, 1.807) is 0 Å². The first-order valence-corrected chi connectivity index (χ1v) is 36.0. The predicted molar refractivity (Wildman–Crippen MR) is 443 cm³/mol. The summed E-state index contributed by atoms with van der Waals surface area (Å²) in [5, 5.41) is 8.20. The molecule has 0 aliphatic carbocycles. The Balaban J connectivity index is 0.706. The molecule has 20 rings (SSSR count). The summed E-state index contributed by atoms with van der Waals surface area (Å²) in [5.74, 6) is 0.631. The first-order chi connectivity index (χ1) is 52.6. The van der Waals surface area contributed by atoms with Crippen LogP contribution in [0.2, 0.25) is 0 Å². The molecule has 106 heavy (non-hydrogen) atoms. The third kappa shape index (κ3) is 10.7. The molecule has 0 amide bonds. The van der Waals surface area contributed by atoms with Gasteiger partial charge in [0.25, 0.3) is 0 Å². The van der Waals surface area contributed by atoms with E-state index in [-0.39, 0.29) is 0 Å². The Labute approximate surface area is 613 Å². The van der Waals surface area contributed by atoms with Crippen molar-refractivity contribution in [3.63, 3.8) is 0 Å². The molecule has 4 heterocycles. The van der Waals surface area contributed by atoms with E-state index in [1.165, 1.54) is 48.9 Å². The van der Waals surface area contributed by atoms with Gasteiger partial charge in [-0.15, -0.1) is 0 Å². The van der Waals surface area contributed by atoms with Crippen LogP contribution < -0.4 is 14.7 Å².